The zero-order valence-electron chi connectivity index (χ0n) is 15.0. The van der Waals surface area contributed by atoms with Crippen LogP contribution in [0.15, 0.2) is 76.8 Å². The molecule has 2 heterocycles. The summed E-state index contributed by atoms with van der Waals surface area (Å²) in [4.78, 5) is 25.4. The van der Waals surface area contributed by atoms with Crippen LogP contribution in [0.4, 0.5) is 5.95 Å². The molecule has 2 aromatic heterocycles. The molecule has 4 aromatic rings. The number of hydrogen-bond donors (Lipinski definition) is 1. The van der Waals surface area contributed by atoms with Gasteiger partial charge in [-0.15, -0.1) is 0 Å². The Kier molecular flexibility index (Phi) is 4.55. The van der Waals surface area contributed by atoms with Crippen molar-refractivity contribution in [1.82, 2.24) is 14.5 Å². The number of aliphatic imine (C=N–C) groups is 1. The quantitative estimate of drug-likeness (QED) is 0.556. The molecule has 7 heteroatoms. The van der Waals surface area contributed by atoms with Gasteiger partial charge in [0.15, 0.2) is 0 Å². The second-order valence-corrected chi connectivity index (χ2v) is 5.93. The van der Waals surface area contributed by atoms with Crippen molar-refractivity contribution < 1.29 is 9.84 Å². The smallest absolute Gasteiger partial charge is 0.265 e. The van der Waals surface area contributed by atoms with Crippen molar-refractivity contribution in [3.63, 3.8) is 0 Å². The minimum atomic E-state index is -0.338. The molecule has 2 aromatic carbocycles. The van der Waals surface area contributed by atoms with Gasteiger partial charge in [0.1, 0.15) is 5.75 Å². The summed E-state index contributed by atoms with van der Waals surface area (Å²) >= 11 is 0. The minimum absolute atomic E-state index is 0.225. The van der Waals surface area contributed by atoms with Gasteiger partial charge in [-0.05, 0) is 24.3 Å². The normalized spacial score (nSPS) is 11.2. The first kappa shape index (κ1) is 17.4. The summed E-state index contributed by atoms with van der Waals surface area (Å²) in [6.07, 6.45) is 4.62. The number of hydrogen-bond acceptors (Lipinski definition) is 6. The maximum atomic E-state index is 13.1. The Labute approximate surface area is 160 Å². The van der Waals surface area contributed by atoms with Gasteiger partial charge < -0.3 is 9.84 Å². The molecule has 1 N–H and O–H groups in total. The molecule has 0 saturated carbocycles. The van der Waals surface area contributed by atoms with E-state index in [0.717, 1.165) is 0 Å². The maximum absolute atomic E-state index is 13.1. The Balaban J connectivity index is 1.99. The molecule has 0 aliphatic carbocycles. The van der Waals surface area contributed by atoms with Crippen LogP contribution in [0.25, 0.3) is 16.5 Å². The van der Waals surface area contributed by atoms with Crippen molar-refractivity contribution in [1.29, 1.82) is 0 Å². The topological polar surface area (TPSA) is 89.6 Å². The highest BCUT2D eigenvalue weighted by Crippen LogP contribution is 2.27. The molecule has 0 atom stereocenters. The van der Waals surface area contributed by atoms with Crippen LogP contribution >= 0.6 is 0 Å². The fraction of sp³-hybridized carbons (Fsp3) is 0.0476. The van der Waals surface area contributed by atoms with Gasteiger partial charge in [-0.3, -0.25) is 4.79 Å². The highest BCUT2D eigenvalue weighted by molar-refractivity contribution is 6.02. The van der Waals surface area contributed by atoms with E-state index in [1.165, 1.54) is 10.8 Å². The Hall–Kier alpha value is -4.00. The second-order valence-electron chi connectivity index (χ2n) is 5.93. The summed E-state index contributed by atoms with van der Waals surface area (Å²) in [5.41, 5.74) is 0.540. The van der Waals surface area contributed by atoms with Crippen LogP contribution in [0, 0.1) is 0 Å². The van der Waals surface area contributed by atoms with Gasteiger partial charge in [0.25, 0.3) is 5.56 Å². The SMILES string of the molecule is COc1cccc(-n2c(O)c(C=Nc3ncccn3)c3ccccc3c2=O)c1. The van der Waals surface area contributed by atoms with E-state index in [9.17, 15) is 9.90 Å². The molecular weight excluding hydrogens is 356 g/mol. The average Bonchev–Trinajstić information content (AvgIpc) is 2.75. The number of nitrogens with zero attached hydrogens (tertiary/aromatic N) is 4. The van der Waals surface area contributed by atoms with E-state index < -0.39 is 0 Å². The zero-order chi connectivity index (χ0) is 19.5. The van der Waals surface area contributed by atoms with Gasteiger partial charge in [0.2, 0.25) is 11.8 Å². The van der Waals surface area contributed by atoms with E-state index >= 15 is 0 Å². The first-order chi connectivity index (χ1) is 13.7. The Morgan fingerprint density at radius 3 is 2.54 bits per heavy atom. The van der Waals surface area contributed by atoms with E-state index in [2.05, 4.69) is 15.0 Å². The molecule has 0 saturated heterocycles. The second kappa shape index (κ2) is 7.32. The number of ether oxygens (including phenoxy) is 1. The predicted molar refractivity (Wildman–Crippen MR) is 107 cm³/mol. The van der Waals surface area contributed by atoms with Gasteiger partial charge >= 0.3 is 0 Å². The third kappa shape index (κ3) is 3.09. The molecule has 7 nitrogen and oxygen atoms in total. The summed E-state index contributed by atoms with van der Waals surface area (Å²) < 4.78 is 6.47. The Morgan fingerprint density at radius 2 is 1.79 bits per heavy atom. The van der Waals surface area contributed by atoms with Gasteiger partial charge in [0.05, 0.1) is 18.4 Å². The molecule has 0 aliphatic heterocycles. The first-order valence-corrected chi connectivity index (χ1v) is 8.51. The third-order valence-corrected chi connectivity index (χ3v) is 4.28. The molecule has 28 heavy (non-hydrogen) atoms. The fourth-order valence-electron chi connectivity index (χ4n) is 2.96. The third-order valence-electron chi connectivity index (χ3n) is 4.28. The van der Waals surface area contributed by atoms with Crippen molar-refractivity contribution in [2.75, 3.05) is 7.11 Å². The molecule has 0 fully saturated rings. The number of fused-ring (bicyclic) bond motifs is 1. The van der Waals surface area contributed by atoms with Crippen molar-refractivity contribution >= 4 is 22.9 Å². The highest BCUT2D eigenvalue weighted by atomic mass is 16.5. The summed E-state index contributed by atoms with van der Waals surface area (Å²) in [5, 5.41) is 12.0. The first-order valence-electron chi connectivity index (χ1n) is 8.51. The average molecular weight is 372 g/mol. The lowest BCUT2D eigenvalue weighted by Crippen LogP contribution is -2.20. The van der Waals surface area contributed by atoms with Crippen molar-refractivity contribution in [3.8, 4) is 17.3 Å². The standard InChI is InChI=1S/C21H16N4O3/c1-28-15-7-4-6-14(12-15)25-19(26)17-9-3-2-8-16(17)18(20(25)27)13-24-21-22-10-5-11-23-21/h2-13,27H,1H3. The number of pyridine rings is 1. The van der Waals surface area contributed by atoms with Crippen molar-refractivity contribution in [2.45, 2.75) is 0 Å². The van der Waals surface area contributed by atoms with Crippen LogP contribution in [0.2, 0.25) is 0 Å². The van der Waals surface area contributed by atoms with Crippen LogP contribution in [-0.4, -0.2) is 33.0 Å². The van der Waals surface area contributed by atoms with Crippen LogP contribution in [0.1, 0.15) is 5.56 Å². The summed E-state index contributed by atoms with van der Waals surface area (Å²) in [6.45, 7) is 0. The molecule has 0 radical (unpaired) electrons. The molecule has 0 spiro atoms. The van der Waals surface area contributed by atoms with Gasteiger partial charge in [-0.25, -0.2) is 19.5 Å². The lowest BCUT2D eigenvalue weighted by molar-refractivity contribution is 0.413. The molecule has 0 amide bonds. The largest absolute Gasteiger partial charge is 0.497 e. The minimum Gasteiger partial charge on any atom is -0.497 e. The number of aromatic hydroxyl groups is 1. The zero-order valence-corrected chi connectivity index (χ0v) is 15.0. The predicted octanol–water partition coefficient (Wildman–Crippen LogP) is 3.25. The van der Waals surface area contributed by atoms with Crippen LogP contribution in [0.3, 0.4) is 0 Å². The van der Waals surface area contributed by atoms with Crippen LogP contribution in [-0.2, 0) is 0 Å². The highest BCUT2D eigenvalue weighted by Gasteiger charge is 2.16. The van der Waals surface area contributed by atoms with Gasteiger partial charge in [-0.1, -0.05) is 24.3 Å². The lowest BCUT2D eigenvalue weighted by Gasteiger charge is -2.14. The van der Waals surface area contributed by atoms with Crippen LogP contribution in [0.5, 0.6) is 11.6 Å². The summed E-state index contributed by atoms with van der Waals surface area (Å²) in [5.74, 6) is 0.603. The van der Waals surface area contributed by atoms with Gasteiger partial charge in [0, 0.05) is 35.4 Å². The van der Waals surface area contributed by atoms with E-state index in [-0.39, 0.29) is 17.4 Å². The molecule has 0 aliphatic rings. The molecular formula is C21H16N4O3. The van der Waals surface area contributed by atoms with Crippen LogP contribution < -0.4 is 10.3 Å². The fourth-order valence-corrected chi connectivity index (χ4v) is 2.96. The number of aromatic nitrogens is 3. The maximum Gasteiger partial charge on any atom is 0.265 e. The molecule has 138 valence electrons. The van der Waals surface area contributed by atoms with Crippen molar-refractivity contribution in [2.24, 2.45) is 4.99 Å². The van der Waals surface area contributed by atoms with E-state index in [0.29, 0.717) is 27.8 Å². The van der Waals surface area contributed by atoms with Gasteiger partial charge in [-0.2, -0.15) is 0 Å². The Bertz CT molecular complexity index is 1230. The summed E-state index contributed by atoms with van der Waals surface area (Å²) in [6, 6.07) is 15.7. The lowest BCUT2D eigenvalue weighted by atomic mass is 10.1. The monoisotopic (exact) mass is 372 g/mol. The summed E-state index contributed by atoms with van der Waals surface area (Å²) in [7, 11) is 1.54. The number of methoxy groups -OCH3 is 1. The Morgan fingerprint density at radius 1 is 1.04 bits per heavy atom. The molecule has 4 rings (SSSR count). The van der Waals surface area contributed by atoms with Crippen molar-refractivity contribution in [3.05, 3.63) is 82.9 Å². The molecule has 0 unspecified atom stereocenters. The van der Waals surface area contributed by atoms with E-state index in [1.54, 1.807) is 74.1 Å². The molecule has 0 bridgehead atoms. The number of rotatable bonds is 4. The number of benzene rings is 2. The van der Waals surface area contributed by atoms with E-state index in [1.807, 2.05) is 0 Å². The van der Waals surface area contributed by atoms with E-state index in [4.69, 9.17) is 4.74 Å².